The number of rotatable bonds is 6. The quantitative estimate of drug-likeness (QED) is 0.788. The second-order valence-electron chi connectivity index (χ2n) is 4.72. The standard InChI is InChI=1S/C14H19F3N2OS/c1-3-13(4-2,9-18)19-12(20)10-5-7-11(8-6-10)21-14(15,16)17/h5-8H,3-4,9,18H2,1-2H3,(H,19,20). The molecule has 7 heteroatoms. The van der Waals surface area contributed by atoms with Crippen molar-refractivity contribution < 1.29 is 18.0 Å². The Morgan fingerprint density at radius 1 is 1.19 bits per heavy atom. The van der Waals surface area contributed by atoms with Crippen LogP contribution >= 0.6 is 11.8 Å². The number of halogens is 3. The molecule has 0 heterocycles. The molecule has 0 bridgehead atoms. The van der Waals surface area contributed by atoms with Crippen LogP contribution in [0.3, 0.4) is 0 Å². The molecule has 0 atom stereocenters. The first-order valence-corrected chi connectivity index (χ1v) is 7.45. The summed E-state index contributed by atoms with van der Waals surface area (Å²) in [6.07, 6.45) is 1.38. The van der Waals surface area contributed by atoms with Gasteiger partial charge >= 0.3 is 5.51 Å². The van der Waals surface area contributed by atoms with Gasteiger partial charge in [-0.15, -0.1) is 0 Å². The van der Waals surface area contributed by atoms with Crippen LogP contribution in [-0.2, 0) is 0 Å². The molecular formula is C14H19F3N2OS. The summed E-state index contributed by atoms with van der Waals surface area (Å²) in [4.78, 5) is 12.2. The number of hydrogen-bond donors (Lipinski definition) is 2. The van der Waals surface area contributed by atoms with E-state index in [2.05, 4.69) is 5.32 Å². The minimum absolute atomic E-state index is 0.0510. The Balaban J connectivity index is 2.80. The average Bonchev–Trinajstić information content (AvgIpc) is 2.44. The molecule has 0 saturated carbocycles. The van der Waals surface area contributed by atoms with Gasteiger partial charge in [-0.05, 0) is 48.9 Å². The van der Waals surface area contributed by atoms with Crippen molar-refractivity contribution >= 4 is 17.7 Å². The van der Waals surface area contributed by atoms with Gasteiger partial charge in [0.15, 0.2) is 0 Å². The number of carbonyl (C=O) groups excluding carboxylic acids is 1. The maximum atomic E-state index is 12.2. The molecule has 0 fully saturated rings. The van der Waals surface area contributed by atoms with Gasteiger partial charge in [-0.25, -0.2) is 0 Å². The maximum Gasteiger partial charge on any atom is 0.446 e. The average molecular weight is 320 g/mol. The third-order valence-electron chi connectivity index (χ3n) is 3.47. The fraction of sp³-hybridized carbons (Fsp3) is 0.500. The summed E-state index contributed by atoms with van der Waals surface area (Å²) >= 11 is -0.204. The Kier molecular flexibility index (Phi) is 6.10. The van der Waals surface area contributed by atoms with E-state index in [1.165, 1.54) is 24.3 Å². The van der Waals surface area contributed by atoms with E-state index >= 15 is 0 Å². The lowest BCUT2D eigenvalue weighted by atomic mass is 9.92. The van der Waals surface area contributed by atoms with Crippen molar-refractivity contribution in [3.63, 3.8) is 0 Å². The highest BCUT2D eigenvalue weighted by atomic mass is 32.2. The number of benzene rings is 1. The Morgan fingerprint density at radius 2 is 1.71 bits per heavy atom. The van der Waals surface area contributed by atoms with Crippen molar-refractivity contribution in [1.82, 2.24) is 5.32 Å². The molecule has 0 aliphatic heterocycles. The SMILES string of the molecule is CCC(CC)(CN)NC(=O)c1ccc(SC(F)(F)F)cc1. The Hall–Kier alpha value is -1.21. The van der Waals surface area contributed by atoms with Crippen LogP contribution in [0, 0.1) is 0 Å². The zero-order valence-corrected chi connectivity index (χ0v) is 12.8. The van der Waals surface area contributed by atoms with Crippen LogP contribution < -0.4 is 11.1 Å². The van der Waals surface area contributed by atoms with Gasteiger partial charge in [0.05, 0.1) is 5.54 Å². The molecule has 0 aliphatic rings. The smallest absolute Gasteiger partial charge is 0.345 e. The minimum atomic E-state index is -4.33. The summed E-state index contributed by atoms with van der Waals surface area (Å²) in [6, 6.07) is 5.34. The lowest BCUT2D eigenvalue weighted by Crippen LogP contribution is -2.52. The molecule has 3 nitrogen and oxygen atoms in total. The summed E-state index contributed by atoms with van der Waals surface area (Å²) in [5.41, 5.74) is 1.22. The number of nitrogens with two attached hydrogens (primary N) is 1. The second-order valence-corrected chi connectivity index (χ2v) is 5.86. The van der Waals surface area contributed by atoms with Crippen molar-refractivity contribution in [2.75, 3.05) is 6.54 Å². The van der Waals surface area contributed by atoms with Gasteiger partial charge in [0.25, 0.3) is 5.91 Å². The van der Waals surface area contributed by atoms with Gasteiger partial charge in [0, 0.05) is 17.0 Å². The number of alkyl halides is 3. The summed E-state index contributed by atoms with van der Waals surface area (Å²) in [7, 11) is 0. The number of thioether (sulfide) groups is 1. The first-order chi connectivity index (χ1) is 9.75. The van der Waals surface area contributed by atoms with E-state index in [4.69, 9.17) is 5.73 Å². The first kappa shape index (κ1) is 17.8. The first-order valence-electron chi connectivity index (χ1n) is 6.63. The van der Waals surface area contributed by atoms with Crippen LogP contribution in [0.1, 0.15) is 37.0 Å². The second kappa shape index (κ2) is 7.17. The Morgan fingerprint density at radius 3 is 2.10 bits per heavy atom. The number of carbonyl (C=O) groups is 1. The molecular weight excluding hydrogens is 301 g/mol. The number of amides is 1. The van der Waals surface area contributed by atoms with E-state index < -0.39 is 11.0 Å². The summed E-state index contributed by atoms with van der Waals surface area (Å²) < 4.78 is 36.7. The van der Waals surface area contributed by atoms with E-state index in [9.17, 15) is 18.0 Å². The Bertz CT molecular complexity index is 462. The van der Waals surface area contributed by atoms with Crippen LogP contribution in [0.4, 0.5) is 13.2 Å². The summed E-state index contributed by atoms with van der Waals surface area (Å²) in [5, 5.41) is 2.87. The van der Waals surface area contributed by atoms with Crippen molar-refractivity contribution in [2.45, 2.75) is 42.6 Å². The molecule has 0 radical (unpaired) electrons. The van der Waals surface area contributed by atoms with E-state index in [-0.39, 0.29) is 22.6 Å². The fourth-order valence-corrected chi connectivity index (χ4v) is 2.43. The van der Waals surface area contributed by atoms with Gasteiger partial charge in [-0.2, -0.15) is 13.2 Å². The van der Waals surface area contributed by atoms with Crippen LogP contribution in [0.25, 0.3) is 0 Å². The van der Waals surface area contributed by atoms with E-state index in [1.54, 1.807) is 0 Å². The molecule has 0 aromatic heterocycles. The Labute approximate surface area is 126 Å². The van der Waals surface area contributed by atoms with Gasteiger partial charge in [-0.1, -0.05) is 13.8 Å². The van der Waals surface area contributed by atoms with Crippen molar-refractivity contribution in [3.8, 4) is 0 Å². The molecule has 3 N–H and O–H groups in total. The third kappa shape index (κ3) is 5.24. The molecule has 0 unspecified atom stereocenters. The van der Waals surface area contributed by atoms with Crippen LogP contribution in [0.15, 0.2) is 29.2 Å². The molecule has 21 heavy (non-hydrogen) atoms. The highest BCUT2D eigenvalue weighted by Crippen LogP contribution is 2.36. The third-order valence-corrected chi connectivity index (χ3v) is 4.21. The zero-order chi connectivity index (χ0) is 16.1. The monoisotopic (exact) mass is 320 g/mol. The lowest BCUT2D eigenvalue weighted by molar-refractivity contribution is -0.0328. The fourth-order valence-electron chi connectivity index (χ4n) is 1.89. The van der Waals surface area contributed by atoms with Gasteiger partial charge < -0.3 is 11.1 Å². The van der Waals surface area contributed by atoms with Crippen molar-refractivity contribution in [3.05, 3.63) is 29.8 Å². The van der Waals surface area contributed by atoms with Crippen molar-refractivity contribution in [1.29, 1.82) is 0 Å². The van der Waals surface area contributed by atoms with Gasteiger partial charge in [-0.3, -0.25) is 4.79 Å². The number of nitrogens with one attached hydrogen (secondary N) is 1. The molecule has 1 amide bonds. The summed E-state index contributed by atoms with van der Waals surface area (Å²) in [5.74, 6) is -0.326. The maximum absolute atomic E-state index is 12.2. The predicted molar refractivity (Wildman–Crippen MR) is 78.2 cm³/mol. The van der Waals surface area contributed by atoms with Gasteiger partial charge in [0.1, 0.15) is 0 Å². The molecule has 1 aromatic rings. The number of hydrogen-bond acceptors (Lipinski definition) is 3. The van der Waals surface area contributed by atoms with Crippen LogP contribution in [0.2, 0.25) is 0 Å². The van der Waals surface area contributed by atoms with E-state index in [0.717, 1.165) is 0 Å². The molecule has 1 aromatic carbocycles. The molecule has 0 aliphatic carbocycles. The van der Waals surface area contributed by atoms with Crippen LogP contribution in [-0.4, -0.2) is 23.5 Å². The highest BCUT2D eigenvalue weighted by Gasteiger charge is 2.29. The van der Waals surface area contributed by atoms with E-state index in [1.807, 2.05) is 13.8 Å². The largest absolute Gasteiger partial charge is 0.446 e. The summed E-state index contributed by atoms with van der Waals surface area (Å²) in [6.45, 7) is 4.17. The minimum Gasteiger partial charge on any atom is -0.345 e. The predicted octanol–water partition coefficient (Wildman–Crippen LogP) is 3.55. The normalized spacial score (nSPS) is 12.3. The van der Waals surface area contributed by atoms with Gasteiger partial charge in [0.2, 0.25) is 0 Å². The zero-order valence-electron chi connectivity index (χ0n) is 12.0. The van der Waals surface area contributed by atoms with Crippen molar-refractivity contribution in [2.24, 2.45) is 5.73 Å². The molecule has 0 spiro atoms. The molecule has 118 valence electrons. The van der Waals surface area contributed by atoms with E-state index in [0.29, 0.717) is 24.9 Å². The molecule has 0 saturated heterocycles. The molecule has 1 rings (SSSR count). The lowest BCUT2D eigenvalue weighted by Gasteiger charge is -2.31. The topological polar surface area (TPSA) is 55.1 Å². The van der Waals surface area contributed by atoms with Crippen LogP contribution in [0.5, 0.6) is 0 Å². The highest BCUT2D eigenvalue weighted by molar-refractivity contribution is 8.00.